The average Bonchev–Trinajstić information content (AvgIpc) is 2.42. The Morgan fingerprint density at radius 3 is 2.59 bits per heavy atom. The molecule has 0 amide bonds. The van der Waals surface area contributed by atoms with Crippen molar-refractivity contribution in [2.24, 2.45) is 4.99 Å². The van der Waals surface area contributed by atoms with Gasteiger partial charge in [0.15, 0.2) is 5.96 Å². The van der Waals surface area contributed by atoms with E-state index in [4.69, 9.17) is 11.6 Å². The topological polar surface area (TPSA) is 48.5 Å². The molecule has 1 aromatic carbocycles. The highest BCUT2D eigenvalue weighted by Gasteiger charge is 2.07. The molecule has 0 radical (unpaired) electrons. The van der Waals surface area contributed by atoms with Crippen LogP contribution in [0.25, 0.3) is 0 Å². The van der Waals surface area contributed by atoms with E-state index in [-0.39, 0.29) is 5.54 Å². The molecule has 0 aliphatic rings. The second-order valence-corrected chi connectivity index (χ2v) is 6.68. The van der Waals surface area contributed by atoms with Gasteiger partial charge in [0.2, 0.25) is 0 Å². The standard InChI is InChI=1S/C17H29ClN4/c1-5-19-16(21-11-12-22-17(2,3)4)20-10-9-14-7-6-8-15(18)13-14/h6-8,13,22H,5,9-12H2,1-4H3,(H2,19,20,21). The molecule has 4 nitrogen and oxygen atoms in total. The van der Waals surface area contributed by atoms with Crippen LogP contribution in [0, 0.1) is 0 Å². The highest BCUT2D eigenvalue weighted by molar-refractivity contribution is 6.30. The summed E-state index contributed by atoms with van der Waals surface area (Å²) in [6.07, 6.45) is 0.922. The lowest BCUT2D eigenvalue weighted by molar-refractivity contribution is 0.432. The van der Waals surface area contributed by atoms with Crippen LogP contribution >= 0.6 is 11.6 Å². The lowest BCUT2D eigenvalue weighted by atomic mass is 10.1. The summed E-state index contributed by atoms with van der Waals surface area (Å²) in [6, 6.07) is 7.97. The maximum atomic E-state index is 5.99. The first kappa shape index (κ1) is 18.8. The minimum atomic E-state index is 0.133. The molecule has 0 unspecified atom stereocenters. The first-order valence-corrected chi connectivity index (χ1v) is 8.30. The van der Waals surface area contributed by atoms with Crippen molar-refractivity contribution in [2.75, 3.05) is 26.2 Å². The normalized spacial score (nSPS) is 12.3. The third-order valence-corrected chi connectivity index (χ3v) is 3.21. The Hall–Kier alpha value is -1.26. The minimum absolute atomic E-state index is 0.133. The molecule has 0 saturated carbocycles. The van der Waals surface area contributed by atoms with E-state index < -0.39 is 0 Å². The predicted molar refractivity (Wildman–Crippen MR) is 96.9 cm³/mol. The van der Waals surface area contributed by atoms with Gasteiger partial charge in [0, 0.05) is 30.2 Å². The maximum Gasteiger partial charge on any atom is 0.191 e. The quantitative estimate of drug-likeness (QED) is 0.410. The number of halogens is 1. The number of rotatable bonds is 7. The van der Waals surface area contributed by atoms with E-state index in [0.717, 1.165) is 43.6 Å². The van der Waals surface area contributed by atoms with Gasteiger partial charge in [-0.15, -0.1) is 0 Å². The van der Waals surface area contributed by atoms with Gasteiger partial charge in [-0.1, -0.05) is 23.7 Å². The molecule has 5 heteroatoms. The van der Waals surface area contributed by atoms with Crippen LogP contribution in [0.5, 0.6) is 0 Å². The first-order valence-electron chi connectivity index (χ1n) is 7.92. The van der Waals surface area contributed by atoms with Crippen LogP contribution < -0.4 is 16.0 Å². The zero-order valence-electron chi connectivity index (χ0n) is 14.2. The van der Waals surface area contributed by atoms with Gasteiger partial charge in [-0.2, -0.15) is 0 Å². The lowest BCUT2D eigenvalue weighted by Gasteiger charge is -2.20. The van der Waals surface area contributed by atoms with Gasteiger partial charge >= 0.3 is 0 Å². The zero-order valence-corrected chi connectivity index (χ0v) is 14.9. The first-order chi connectivity index (χ1) is 10.4. The second-order valence-electron chi connectivity index (χ2n) is 6.24. The van der Waals surface area contributed by atoms with Gasteiger partial charge in [0.25, 0.3) is 0 Å². The summed E-state index contributed by atoms with van der Waals surface area (Å²) >= 11 is 5.99. The SMILES string of the molecule is CCNC(=NCCNC(C)(C)C)NCCc1cccc(Cl)c1. The Morgan fingerprint density at radius 1 is 1.18 bits per heavy atom. The summed E-state index contributed by atoms with van der Waals surface area (Å²) in [6.45, 7) is 11.9. The number of benzene rings is 1. The van der Waals surface area contributed by atoms with E-state index in [2.05, 4.69) is 54.7 Å². The maximum absolute atomic E-state index is 5.99. The lowest BCUT2D eigenvalue weighted by Crippen LogP contribution is -2.40. The van der Waals surface area contributed by atoms with Gasteiger partial charge in [-0.3, -0.25) is 4.99 Å². The largest absolute Gasteiger partial charge is 0.357 e. The van der Waals surface area contributed by atoms with E-state index in [1.807, 2.05) is 18.2 Å². The molecule has 0 atom stereocenters. The smallest absolute Gasteiger partial charge is 0.191 e. The fourth-order valence-corrected chi connectivity index (χ4v) is 2.17. The summed E-state index contributed by atoms with van der Waals surface area (Å²) in [4.78, 5) is 4.57. The van der Waals surface area contributed by atoms with Crippen molar-refractivity contribution < 1.29 is 0 Å². The van der Waals surface area contributed by atoms with E-state index >= 15 is 0 Å². The molecule has 0 aromatic heterocycles. The van der Waals surface area contributed by atoms with Crippen molar-refractivity contribution in [3.8, 4) is 0 Å². The van der Waals surface area contributed by atoms with E-state index in [1.165, 1.54) is 5.56 Å². The van der Waals surface area contributed by atoms with Gasteiger partial charge in [0.05, 0.1) is 6.54 Å². The molecule has 124 valence electrons. The van der Waals surface area contributed by atoms with Crippen LogP contribution in [-0.2, 0) is 6.42 Å². The van der Waals surface area contributed by atoms with Crippen LogP contribution in [0.3, 0.4) is 0 Å². The third-order valence-electron chi connectivity index (χ3n) is 2.98. The number of aliphatic imine (C=N–C) groups is 1. The number of hydrogen-bond acceptors (Lipinski definition) is 2. The van der Waals surface area contributed by atoms with Crippen molar-refractivity contribution in [3.63, 3.8) is 0 Å². The van der Waals surface area contributed by atoms with Crippen LogP contribution in [0.1, 0.15) is 33.3 Å². The molecule has 3 N–H and O–H groups in total. The highest BCUT2D eigenvalue weighted by atomic mass is 35.5. The molecule has 1 aromatic rings. The Morgan fingerprint density at radius 2 is 1.95 bits per heavy atom. The van der Waals surface area contributed by atoms with Gasteiger partial charge in [-0.05, 0) is 51.8 Å². The molecular weight excluding hydrogens is 296 g/mol. The van der Waals surface area contributed by atoms with Crippen LogP contribution in [0.4, 0.5) is 0 Å². The molecule has 0 heterocycles. The molecule has 0 aliphatic heterocycles. The number of nitrogens with one attached hydrogen (secondary N) is 3. The van der Waals surface area contributed by atoms with Crippen LogP contribution in [0.15, 0.2) is 29.3 Å². The molecule has 0 aliphatic carbocycles. The molecule has 0 fully saturated rings. The van der Waals surface area contributed by atoms with Gasteiger partial charge < -0.3 is 16.0 Å². The zero-order chi connectivity index (χ0) is 16.4. The summed E-state index contributed by atoms with van der Waals surface area (Å²) in [5.74, 6) is 0.861. The third kappa shape index (κ3) is 8.90. The predicted octanol–water partition coefficient (Wildman–Crippen LogP) is 2.83. The Kier molecular flexibility index (Phi) is 8.28. The second kappa shape index (κ2) is 9.70. The van der Waals surface area contributed by atoms with E-state index in [9.17, 15) is 0 Å². The Labute approximate surface area is 139 Å². The summed E-state index contributed by atoms with van der Waals surface area (Å²) in [7, 11) is 0. The monoisotopic (exact) mass is 324 g/mol. The average molecular weight is 325 g/mol. The van der Waals surface area contributed by atoms with E-state index in [1.54, 1.807) is 0 Å². The fraction of sp³-hybridized carbons (Fsp3) is 0.588. The van der Waals surface area contributed by atoms with Crippen molar-refractivity contribution in [3.05, 3.63) is 34.9 Å². The van der Waals surface area contributed by atoms with Crippen LogP contribution in [0.2, 0.25) is 5.02 Å². The molecule has 0 bridgehead atoms. The molecular formula is C17H29ClN4. The molecule has 0 saturated heterocycles. The number of guanidine groups is 1. The van der Waals surface area contributed by atoms with Gasteiger partial charge in [-0.25, -0.2) is 0 Å². The number of hydrogen-bond donors (Lipinski definition) is 3. The number of nitrogens with zero attached hydrogens (tertiary/aromatic N) is 1. The molecule has 22 heavy (non-hydrogen) atoms. The van der Waals surface area contributed by atoms with Crippen molar-refractivity contribution >= 4 is 17.6 Å². The minimum Gasteiger partial charge on any atom is -0.357 e. The summed E-state index contributed by atoms with van der Waals surface area (Å²) in [5.41, 5.74) is 1.36. The van der Waals surface area contributed by atoms with Gasteiger partial charge in [0.1, 0.15) is 0 Å². The Bertz CT molecular complexity index is 466. The Balaban J connectivity index is 2.36. The van der Waals surface area contributed by atoms with Crippen LogP contribution in [-0.4, -0.2) is 37.7 Å². The fourth-order valence-electron chi connectivity index (χ4n) is 1.96. The van der Waals surface area contributed by atoms with E-state index in [0.29, 0.717) is 0 Å². The van der Waals surface area contributed by atoms with Crippen molar-refractivity contribution in [2.45, 2.75) is 39.7 Å². The molecule has 0 spiro atoms. The van der Waals surface area contributed by atoms with Crippen molar-refractivity contribution in [1.82, 2.24) is 16.0 Å². The highest BCUT2D eigenvalue weighted by Crippen LogP contribution is 2.10. The summed E-state index contributed by atoms with van der Waals surface area (Å²) in [5, 5.41) is 10.8. The molecule has 1 rings (SSSR count). The summed E-state index contributed by atoms with van der Waals surface area (Å²) < 4.78 is 0. The van der Waals surface area contributed by atoms with Crippen molar-refractivity contribution in [1.29, 1.82) is 0 Å².